The third kappa shape index (κ3) is 3.22. The number of fused-ring (bicyclic) bond motifs is 1. The number of carbonyl (C=O) groups is 1. The van der Waals surface area contributed by atoms with Crippen LogP contribution in [0.15, 0.2) is 53.9 Å². The molecule has 1 aliphatic rings. The van der Waals surface area contributed by atoms with E-state index in [9.17, 15) is 10.1 Å². The Morgan fingerprint density at radius 3 is 2.27 bits per heavy atom. The highest BCUT2D eigenvalue weighted by atomic mass is 35.5. The fourth-order valence-corrected chi connectivity index (χ4v) is 3.33. The van der Waals surface area contributed by atoms with Gasteiger partial charge in [-0.1, -0.05) is 35.3 Å². The Kier molecular flexibility index (Phi) is 5.08. The Hall–Kier alpha value is -2.68. The molecule has 132 valence electrons. The van der Waals surface area contributed by atoms with Gasteiger partial charge >= 0.3 is 0 Å². The van der Waals surface area contributed by atoms with Crippen molar-refractivity contribution in [3.8, 4) is 11.8 Å². The number of rotatable bonds is 4. The average molecular weight is 388 g/mol. The molecule has 0 unspecified atom stereocenters. The quantitative estimate of drug-likeness (QED) is 0.579. The first-order valence-electron chi connectivity index (χ1n) is 7.76. The minimum absolute atomic E-state index is 0.0243. The smallest absolute Gasteiger partial charge is 0.214 e. The SMILES string of the molecule is CN1C(=C(C#N)C(=O)COc2ccc(Cl)cc2Cl)N(C)c2ccccc21. The van der Waals surface area contributed by atoms with Gasteiger partial charge in [-0.05, 0) is 30.3 Å². The molecule has 0 bridgehead atoms. The van der Waals surface area contributed by atoms with Crippen molar-refractivity contribution in [1.82, 2.24) is 0 Å². The zero-order valence-corrected chi connectivity index (χ0v) is 15.7. The summed E-state index contributed by atoms with van der Waals surface area (Å²) in [5.74, 6) is 0.424. The second-order valence-corrected chi connectivity index (χ2v) is 6.55. The first kappa shape index (κ1) is 18.1. The molecule has 3 rings (SSSR count). The highest BCUT2D eigenvalue weighted by Crippen LogP contribution is 2.40. The summed E-state index contributed by atoms with van der Waals surface area (Å²) in [6, 6.07) is 14.4. The molecular formula is C19H15Cl2N3O2. The van der Waals surface area contributed by atoms with Crippen LogP contribution in [0.4, 0.5) is 11.4 Å². The summed E-state index contributed by atoms with van der Waals surface area (Å²) >= 11 is 11.9. The minimum atomic E-state index is -0.431. The molecule has 7 heteroatoms. The van der Waals surface area contributed by atoms with Crippen molar-refractivity contribution in [3.63, 3.8) is 0 Å². The van der Waals surface area contributed by atoms with E-state index in [1.165, 1.54) is 6.07 Å². The summed E-state index contributed by atoms with van der Waals surface area (Å²) in [7, 11) is 3.64. The predicted molar refractivity (Wildman–Crippen MR) is 103 cm³/mol. The lowest BCUT2D eigenvalue weighted by Crippen LogP contribution is -2.27. The summed E-state index contributed by atoms with van der Waals surface area (Å²) in [6.07, 6.45) is 0. The maximum atomic E-state index is 12.6. The van der Waals surface area contributed by atoms with Gasteiger partial charge in [0.15, 0.2) is 6.61 Å². The van der Waals surface area contributed by atoms with Crippen LogP contribution in [0.5, 0.6) is 5.75 Å². The standard InChI is InChI=1S/C19H15Cl2N3O2/c1-23-15-5-3-4-6-16(15)24(2)19(23)13(10-22)17(25)11-26-18-8-7-12(20)9-14(18)21/h3-9H,11H2,1-2H3. The van der Waals surface area contributed by atoms with Crippen LogP contribution in [0.1, 0.15) is 0 Å². The maximum Gasteiger partial charge on any atom is 0.214 e. The van der Waals surface area contributed by atoms with Crippen molar-refractivity contribution in [2.75, 3.05) is 30.5 Å². The van der Waals surface area contributed by atoms with Crippen molar-refractivity contribution in [2.45, 2.75) is 0 Å². The van der Waals surface area contributed by atoms with Crippen molar-refractivity contribution in [1.29, 1.82) is 5.26 Å². The maximum absolute atomic E-state index is 12.6. The van der Waals surface area contributed by atoms with Crippen LogP contribution < -0.4 is 14.5 Å². The zero-order valence-electron chi connectivity index (χ0n) is 14.2. The Labute approximate surface area is 161 Å². The number of para-hydroxylation sites is 2. The van der Waals surface area contributed by atoms with Crippen LogP contribution in [0, 0.1) is 11.3 Å². The molecule has 2 aromatic carbocycles. The molecule has 1 aliphatic heterocycles. The number of nitrogens with zero attached hydrogens (tertiary/aromatic N) is 3. The summed E-state index contributed by atoms with van der Waals surface area (Å²) < 4.78 is 5.48. The van der Waals surface area contributed by atoms with Gasteiger partial charge in [0, 0.05) is 19.1 Å². The molecule has 0 saturated heterocycles. The number of ether oxygens (including phenoxy) is 1. The molecule has 0 N–H and O–H groups in total. The molecule has 0 aliphatic carbocycles. The van der Waals surface area contributed by atoms with E-state index in [1.807, 2.05) is 54.2 Å². The van der Waals surface area contributed by atoms with Gasteiger partial charge in [-0.2, -0.15) is 5.26 Å². The van der Waals surface area contributed by atoms with Crippen LogP contribution >= 0.6 is 23.2 Å². The number of nitriles is 1. The van der Waals surface area contributed by atoms with Crippen molar-refractivity contribution in [3.05, 3.63) is 63.9 Å². The number of hydrogen-bond donors (Lipinski definition) is 0. The molecule has 26 heavy (non-hydrogen) atoms. The zero-order chi connectivity index (χ0) is 18.8. The van der Waals surface area contributed by atoms with Crippen molar-refractivity contribution >= 4 is 40.4 Å². The number of hydrogen-bond acceptors (Lipinski definition) is 5. The van der Waals surface area contributed by atoms with Gasteiger partial charge in [-0.15, -0.1) is 0 Å². The van der Waals surface area contributed by atoms with Gasteiger partial charge < -0.3 is 14.5 Å². The highest BCUT2D eigenvalue weighted by Gasteiger charge is 2.31. The van der Waals surface area contributed by atoms with E-state index in [0.717, 1.165) is 11.4 Å². The van der Waals surface area contributed by atoms with E-state index in [2.05, 4.69) is 0 Å². The fourth-order valence-electron chi connectivity index (χ4n) is 2.86. The summed E-state index contributed by atoms with van der Waals surface area (Å²) in [5.41, 5.74) is 1.87. The molecule has 0 amide bonds. The lowest BCUT2D eigenvalue weighted by atomic mass is 10.2. The third-order valence-corrected chi connectivity index (χ3v) is 4.64. The summed E-state index contributed by atoms with van der Waals surface area (Å²) in [6.45, 7) is -0.300. The molecule has 0 aromatic heterocycles. The van der Waals surface area contributed by atoms with E-state index in [4.69, 9.17) is 27.9 Å². The highest BCUT2D eigenvalue weighted by molar-refractivity contribution is 6.35. The van der Waals surface area contributed by atoms with Crippen LogP contribution in [0.25, 0.3) is 0 Å². The van der Waals surface area contributed by atoms with E-state index in [1.54, 1.807) is 12.1 Å². The minimum Gasteiger partial charge on any atom is -0.484 e. The third-order valence-electron chi connectivity index (χ3n) is 4.11. The molecule has 0 fully saturated rings. The van der Waals surface area contributed by atoms with Gasteiger partial charge in [-0.3, -0.25) is 4.79 Å². The second-order valence-electron chi connectivity index (χ2n) is 5.70. The molecular weight excluding hydrogens is 373 g/mol. The molecule has 1 heterocycles. The molecule has 5 nitrogen and oxygen atoms in total. The van der Waals surface area contributed by atoms with Crippen LogP contribution in [-0.4, -0.2) is 26.5 Å². The first-order valence-corrected chi connectivity index (χ1v) is 8.51. The molecule has 0 atom stereocenters. The second kappa shape index (κ2) is 7.28. The number of Topliss-reactive ketones (excluding diaryl/α,β-unsaturated/α-hetero) is 1. The van der Waals surface area contributed by atoms with Gasteiger partial charge in [0.25, 0.3) is 0 Å². The summed E-state index contributed by atoms with van der Waals surface area (Å²) in [4.78, 5) is 16.3. The van der Waals surface area contributed by atoms with Crippen LogP contribution in [0.2, 0.25) is 10.0 Å². The monoisotopic (exact) mass is 387 g/mol. The predicted octanol–water partition coefficient (Wildman–Crippen LogP) is 4.26. The van der Waals surface area contributed by atoms with Gasteiger partial charge in [0.05, 0.1) is 16.4 Å². The van der Waals surface area contributed by atoms with Gasteiger partial charge in [0.2, 0.25) is 5.78 Å². The van der Waals surface area contributed by atoms with Crippen LogP contribution in [0.3, 0.4) is 0 Å². The Bertz CT molecular complexity index is 919. The van der Waals surface area contributed by atoms with Gasteiger partial charge in [0.1, 0.15) is 23.2 Å². The van der Waals surface area contributed by atoms with E-state index >= 15 is 0 Å². The summed E-state index contributed by atoms with van der Waals surface area (Å²) in [5, 5.41) is 10.4. The molecule has 0 saturated carbocycles. The van der Waals surface area contributed by atoms with E-state index < -0.39 is 5.78 Å². The van der Waals surface area contributed by atoms with Crippen molar-refractivity contribution < 1.29 is 9.53 Å². The number of benzene rings is 2. The average Bonchev–Trinajstić information content (AvgIpc) is 2.87. The Morgan fingerprint density at radius 1 is 1.12 bits per heavy atom. The Balaban J connectivity index is 1.86. The fraction of sp³-hybridized carbons (Fsp3) is 0.158. The number of anilines is 2. The van der Waals surface area contributed by atoms with Crippen molar-refractivity contribution in [2.24, 2.45) is 0 Å². The number of carbonyl (C=O) groups excluding carboxylic acids is 1. The number of ketones is 1. The lowest BCUT2D eigenvalue weighted by molar-refractivity contribution is -0.117. The van der Waals surface area contributed by atoms with Gasteiger partial charge in [-0.25, -0.2) is 0 Å². The molecule has 2 aromatic rings. The first-order chi connectivity index (χ1) is 12.4. The number of halogens is 2. The topological polar surface area (TPSA) is 56.6 Å². The van der Waals surface area contributed by atoms with E-state index in [-0.39, 0.29) is 12.2 Å². The Morgan fingerprint density at radius 2 is 1.73 bits per heavy atom. The molecule has 0 radical (unpaired) electrons. The van der Waals surface area contributed by atoms with Crippen LogP contribution in [-0.2, 0) is 4.79 Å². The lowest BCUT2D eigenvalue weighted by Gasteiger charge is -2.20. The largest absolute Gasteiger partial charge is 0.484 e. The normalized spacial score (nSPS) is 12.7. The molecule has 0 spiro atoms. The van der Waals surface area contributed by atoms with E-state index in [0.29, 0.717) is 21.6 Å².